The molecule has 0 radical (unpaired) electrons. The van der Waals surface area contributed by atoms with Crippen molar-refractivity contribution in [2.24, 2.45) is 0 Å². The summed E-state index contributed by atoms with van der Waals surface area (Å²) >= 11 is 0. The summed E-state index contributed by atoms with van der Waals surface area (Å²) in [5, 5.41) is 19.8. The molecule has 1 atom stereocenters. The number of Topliss-reactive ketones (excluding diaryl/α,β-unsaturated/α-hetero) is 1. The molecule has 3 aromatic carbocycles. The van der Waals surface area contributed by atoms with Gasteiger partial charge in [0.15, 0.2) is 0 Å². The van der Waals surface area contributed by atoms with Crippen LogP contribution in [-0.4, -0.2) is 24.3 Å². The van der Waals surface area contributed by atoms with E-state index in [9.17, 15) is 4.79 Å². The van der Waals surface area contributed by atoms with Gasteiger partial charge in [0.05, 0.1) is 12.8 Å². The van der Waals surface area contributed by atoms with E-state index in [1.54, 1.807) is 37.4 Å². The number of carbonyl (C=O) groups excluding carboxylic acids is 1. The van der Waals surface area contributed by atoms with Gasteiger partial charge in [0.1, 0.15) is 17.5 Å². The van der Waals surface area contributed by atoms with Crippen molar-refractivity contribution < 1.29 is 9.53 Å². The van der Waals surface area contributed by atoms with E-state index in [4.69, 9.17) is 15.6 Å². The molecule has 3 aromatic rings. The number of carbonyl (C=O) groups is 1. The quantitative estimate of drug-likeness (QED) is 0.509. The number of ether oxygens (including phenoxy) is 1. The first-order chi connectivity index (χ1) is 13.6. The Labute approximate surface area is 164 Å². The highest BCUT2D eigenvalue weighted by molar-refractivity contribution is 6.69. The predicted octanol–water partition coefficient (Wildman–Crippen LogP) is 4.51. The van der Waals surface area contributed by atoms with E-state index in [0.717, 1.165) is 5.56 Å². The van der Waals surface area contributed by atoms with Gasteiger partial charge >= 0.3 is 0 Å². The average Bonchev–Trinajstić information content (AvgIpc) is 2.77. The summed E-state index contributed by atoms with van der Waals surface area (Å²) < 4.78 is 5.24. The van der Waals surface area contributed by atoms with E-state index in [1.807, 2.05) is 54.6 Å². The minimum absolute atomic E-state index is 0.0982. The first-order valence-corrected chi connectivity index (χ1v) is 8.83. The molecule has 0 aliphatic heterocycles. The van der Waals surface area contributed by atoms with Gasteiger partial charge in [0, 0.05) is 17.3 Å². The molecule has 5 nitrogen and oxygen atoms in total. The third-order valence-electron chi connectivity index (χ3n) is 4.33. The summed E-state index contributed by atoms with van der Waals surface area (Å²) in [7, 11) is 1.58. The Morgan fingerprint density at radius 3 is 2.18 bits per heavy atom. The highest BCUT2D eigenvalue weighted by Gasteiger charge is 2.27. The number of methoxy groups -OCH3 is 1. The SMILES string of the molecule is COc1cccc(NC(C(=O)C(=N)C(=N)c2ccccc2)c2ccccc2)c1. The van der Waals surface area contributed by atoms with Gasteiger partial charge < -0.3 is 10.1 Å². The zero-order chi connectivity index (χ0) is 19.9. The standard InChI is InChI=1S/C23H21N3O2/c1-28-19-14-8-13-18(15-19)26-22(17-11-6-3-7-12-17)23(27)21(25)20(24)16-9-4-2-5-10-16/h2-15,22,24-26H,1H3. The smallest absolute Gasteiger partial charge is 0.209 e. The van der Waals surface area contributed by atoms with Gasteiger partial charge in [-0.3, -0.25) is 15.6 Å². The van der Waals surface area contributed by atoms with Crippen molar-refractivity contribution in [1.29, 1.82) is 10.8 Å². The van der Waals surface area contributed by atoms with Crippen LogP contribution in [-0.2, 0) is 4.79 Å². The van der Waals surface area contributed by atoms with E-state index in [1.165, 1.54) is 0 Å². The normalized spacial score (nSPS) is 11.3. The third-order valence-corrected chi connectivity index (χ3v) is 4.33. The molecule has 0 spiro atoms. The first kappa shape index (κ1) is 19.0. The molecule has 0 aliphatic rings. The lowest BCUT2D eigenvalue weighted by Crippen LogP contribution is -2.32. The summed E-state index contributed by atoms with van der Waals surface area (Å²) in [4.78, 5) is 13.2. The van der Waals surface area contributed by atoms with Crippen LogP contribution in [0.3, 0.4) is 0 Å². The Balaban J connectivity index is 1.91. The van der Waals surface area contributed by atoms with Crippen molar-refractivity contribution in [2.45, 2.75) is 6.04 Å². The largest absolute Gasteiger partial charge is 0.497 e. The predicted molar refractivity (Wildman–Crippen MR) is 112 cm³/mol. The second kappa shape index (κ2) is 8.77. The lowest BCUT2D eigenvalue weighted by molar-refractivity contribution is -0.113. The molecule has 140 valence electrons. The maximum absolute atomic E-state index is 13.2. The van der Waals surface area contributed by atoms with Crippen LogP contribution in [0.4, 0.5) is 5.69 Å². The van der Waals surface area contributed by atoms with Crippen LogP contribution >= 0.6 is 0 Å². The second-order valence-corrected chi connectivity index (χ2v) is 6.20. The fourth-order valence-electron chi connectivity index (χ4n) is 2.84. The number of anilines is 1. The van der Waals surface area contributed by atoms with Crippen LogP contribution in [0.1, 0.15) is 17.2 Å². The van der Waals surface area contributed by atoms with Gasteiger partial charge in [-0.1, -0.05) is 66.7 Å². The van der Waals surface area contributed by atoms with Crippen LogP contribution < -0.4 is 10.1 Å². The lowest BCUT2D eigenvalue weighted by atomic mass is 9.94. The highest BCUT2D eigenvalue weighted by atomic mass is 16.5. The number of ketones is 1. The molecule has 0 bridgehead atoms. The molecule has 0 aliphatic carbocycles. The fraction of sp³-hybridized carbons (Fsp3) is 0.0870. The second-order valence-electron chi connectivity index (χ2n) is 6.20. The van der Waals surface area contributed by atoms with Gasteiger partial charge in [0.25, 0.3) is 0 Å². The van der Waals surface area contributed by atoms with E-state index < -0.39 is 11.8 Å². The van der Waals surface area contributed by atoms with Gasteiger partial charge in [0.2, 0.25) is 5.78 Å². The number of nitrogens with one attached hydrogen (secondary N) is 3. The van der Waals surface area contributed by atoms with Crippen LogP contribution in [0, 0.1) is 10.8 Å². The summed E-state index contributed by atoms with van der Waals surface area (Å²) in [5.41, 5.74) is 1.52. The van der Waals surface area contributed by atoms with Crippen molar-refractivity contribution >= 4 is 22.9 Å². The summed E-state index contributed by atoms with van der Waals surface area (Å²) in [6.45, 7) is 0. The van der Waals surface area contributed by atoms with Gasteiger partial charge in [-0.2, -0.15) is 0 Å². The Bertz CT molecular complexity index is 985. The molecule has 0 fully saturated rings. The molecule has 0 saturated heterocycles. The van der Waals surface area contributed by atoms with E-state index >= 15 is 0 Å². The summed E-state index contributed by atoms with van der Waals surface area (Å²) in [6, 6.07) is 24.5. The van der Waals surface area contributed by atoms with Gasteiger partial charge in [-0.25, -0.2) is 0 Å². The van der Waals surface area contributed by atoms with Crippen molar-refractivity contribution in [3.05, 3.63) is 96.1 Å². The fourth-order valence-corrected chi connectivity index (χ4v) is 2.84. The minimum atomic E-state index is -0.787. The van der Waals surface area contributed by atoms with Crippen molar-refractivity contribution in [3.63, 3.8) is 0 Å². The summed E-state index contributed by atoms with van der Waals surface area (Å²) in [6.07, 6.45) is 0. The number of hydrogen-bond acceptors (Lipinski definition) is 5. The molecular weight excluding hydrogens is 350 g/mol. The van der Waals surface area contributed by atoms with Crippen molar-refractivity contribution in [1.82, 2.24) is 0 Å². The van der Waals surface area contributed by atoms with Crippen LogP contribution in [0.2, 0.25) is 0 Å². The highest BCUT2D eigenvalue weighted by Crippen LogP contribution is 2.24. The van der Waals surface area contributed by atoms with E-state index in [0.29, 0.717) is 17.0 Å². The van der Waals surface area contributed by atoms with E-state index in [-0.39, 0.29) is 11.4 Å². The molecule has 0 aromatic heterocycles. The van der Waals surface area contributed by atoms with Gasteiger partial charge in [-0.15, -0.1) is 0 Å². The van der Waals surface area contributed by atoms with Crippen LogP contribution in [0.15, 0.2) is 84.9 Å². The van der Waals surface area contributed by atoms with Crippen LogP contribution in [0.5, 0.6) is 5.75 Å². The van der Waals surface area contributed by atoms with Crippen molar-refractivity contribution in [2.75, 3.05) is 12.4 Å². The molecule has 1 unspecified atom stereocenters. The number of rotatable bonds is 8. The van der Waals surface area contributed by atoms with Crippen LogP contribution in [0.25, 0.3) is 0 Å². The molecule has 3 rings (SSSR count). The minimum Gasteiger partial charge on any atom is -0.497 e. The monoisotopic (exact) mass is 371 g/mol. The maximum Gasteiger partial charge on any atom is 0.209 e. The maximum atomic E-state index is 13.2. The third kappa shape index (κ3) is 4.32. The van der Waals surface area contributed by atoms with Crippen molar-refractivity contribution in [3.8, 4) is 5.75 Å². The molecule has 3 N–H and O–H groups in total. The topological polar surface area (TPSA) is 86.0 Å². The Kier molecular flexibility index (Phi) is 5.97. The molecule has 0 heterocycles. The van der Waals surface area contributed by atoms with Gasteiger partial charge in [-0.05, 0) is 17.7 Å². The Morgan fingerprint density at radius 2 is 1.54 bits per heavy atom. The molecular formula is C23H21N3O2. The molecule has 28 heavy (non-hydrogen) atoms. The number of benzene rings is 3. The zero-order valence-electron chi connectivity index (χ0n) is 15.5. The van der Waals surface area contributed by atoms with E-state index in [2.05, 4.69) is 5.32 Å². The molecule has 0 saturated carbocycles. The number of hydrogen-bond donors (Lipinski definition) is 3. The Morgan fingerprint density at radius 1 is 0.893 bits per heavy atom. The Hall–Kier alpha value is -3.73. The summed E-state index contributed by atoms with van der Waals surface area (Å²) in [5.74, 6) is 0.194. The first-order valence-electron chi connectivity index (χ1n) is 8.83. The molecule has 5 heteroatoms. The molecule has 0 amide bonds. The average molecular weight is 371 g/mol. The zero-order valence-corrected chi connectivity index (χ0v) is 15.5. The lowest BCUT2D eigenvalue weighted by Gasteiger charge is -2.20.